The summed E-state index contributed by atoms with van der Waals surface area (Å²) in [5, 5.41) is 7.18. The van der Waals surface area contributed by atoms with Gasteiger partial charge in [0.1, 0.15) is 0 Å². The second kappa shape index (κ2) is 40.8. The number of fused-ring (bicyclic) bond motifs is 10. The van der Waals surface area contributed by atoms with E-state index in [0.29, 0.717) is 116 Å². The molecule has 0 unspecified atom stereocenters. The molecule has 0 saturated heterocycles. The van der Waals surface area contributed by atoms with Crippen molar-refractivity contribution in [2.24, 2.45) is 0 Å². The van der Waals surface area contributed by atoms with E-state index in [1.165, 1.54) is 27.4 Å². The van der Waals surface area contributed by atoms with Gasteiger partial charge in [-0.1, -0.05) is 312 Å². The van der Waals surface area contributed by atoms with Gasteiger partial charge in [-0.15, -0.1) is 0 Å². The molecule has 696 valence electrons. The number of hydrogen-bond donors (Lipinski definition) is 0. The maximum Gasteiger partial charge on any atom is 0.262 e. The van der Waals surface area contributed by atoms with Gasteiger partial charge >= 0.3 is 0 Å². The van der Waals surface area contributed by atoms with Gasteiger partial charge in [-0.25, -0.2) is 0 Å². The van der Waals surface area contributed by atoms with Crippen molar-refractivity contribution >= 4 is 172 Å². The molecule has 0 radical (unpaired) electrons. The Hall–Kier alpha value is -10.4. The maximum absolute atomic E-state index is 17.4. The topological polar surface area (TPSA) is 234 Å². The van der Waals surface area contributed by atoms with Gasteiger partial charge in [0.05, 0.1) is 21.5 Å². The Morgan fingerprint density at radius 3 is 0.523 bits per heavy atom. The van der Waals surface area contributed by atoms with Crippen LogP contribution in [0, 0.1) is 0 Å². The van der Waals surface area contributed by atoms with Crippen molar-refractivity contribution < 1.29 is 0 Å². The lowest BCUT2D eigenvalue weighted by Gasteiger charge is -2.28. The lowest BCUT2D eigenvalue weighted by molar-refractivity contribution is 0.382. The Labute approximate surface area is 769 Å². The van der Waals surface area contributed by atoms with Gasteiger partial charge < -0.3 is 0 Å². The van der Waals surface area contributed by atoms with E-state index in [-0.39, 0.29) is 134 Å². The van der Waals surface area contributed by atoms with E-state index < -0.39 is 78.8 Å². The highest BCUT2D eigenvalue weighted by atomic mass is 16.2. The molecule has 0 atom stereocenters. The second-order valence-corrected chi connectivity index (χ2v) is 39.9. The summed E-state index contributed by atoms with van der Waals surface area (Å²) >= 11 is 0. The van der Waals surface area contributed by atoms with Crippen LogP contribution in [0.25, 0.3) is 172 Å². The molecule has 0 aliphatic heterocycles. The number of pyridine rings is 6. The molecular formula is C114H138N6O12. The van der Waals surface area contributed by atoms with Crippen molar-refractivity contribution in [3.63, 3.8) is 0 Å². The average molecular weight is 1780 g/mol. The Bertz CT molecular complexity index is 6960. The van der Waals surface area contributed by atoms with Crippen LogP contribution in [0.5, 0.6) is 0 Å². The first-order valence-corrected chi connectivity index (χ1v) is 52.3. The van der Waals surface area contributed by atoms with Crippen LogP contribution in [0.2, 0.25) is 0 Å². The fourth-order valence-corrected chi connectivity index (χ4v) is 24.3. The largest absolute Gasteiger partial charge is 0.274 e. The van der Waals surface area contributed by atoms with E-state index >= 15 is 57.5 Å². The van der Waals surface area contributed by atoms with Gasteiger partial charge in [0.15, 0.2) is 0 Å². The van der Waals surface area contributed by atoms with Gasteiger partial charge in [0, 0.05) is 146 Å². The van der Waals surface area contributed by atoms with Crippen LogP contribution in [-0.4, -0.2) is 27.4 Å². The lowest BCUT2D eigenvalue weighted by atomic mass is 9.75. The molecule has 18 heteroatoms. The molecule has 0 aliphatic carbocycles. The molecule has 0 bridgehead atoms. The lowest BCUT2D eigenvalue weighted by Crippen LogP contribution is -2.37. The van der Waals surface area contributed by atoms with Crippen molar-refractivity contribution in [1.82, 2.24) is 27.4 Å². The van der Waals surface area contributed by atoms with Crippen molar-refractivity contribution in [1.29, 1.82) is 0 Å². The molecule has 6 heterocycles. The van der Waals surface area contributed by atoms with Crippen LogP contribution in [0.3, 0.4) is 0 Å². The number of nitrogens with zero attached hydrogens (tertiary/aromatic N) is 6. The Morgan fingerprint density at radius 2 is 0.326 bits per heavy atom. The predicted molar refractivity (Wildman–Crippen MR) is 555 cm³/mol. The molecule has 132 heavy (non-hydrogen) atoms. The maximum atomic E-state index is 17.4. The van der Waals surface area contributed by atoms with Gasteiger partial charge in [0.25, 0.3) is 66.7 Å². The third kappa shape index (κ3) is 16.1. The highest BCUT2D eigenvalue weighted by Crippen LogP contribution is 2.58. The first kappa shape index (κ1) is 93.4. The summed E-state index contributed by atoms with van der Waals surface area (Å²) in [6, 6.07) is 12.6. The number of aromatic nitrogens is 6. The molecule has 17 rings (SSSR count). The van der Waals surface area contributed by atoms with E-state index in [1.54, 1.807) is 24.3 Å². The summed E-state index contributed by atoms with van der Waals surface area (Å²) in [4.78, 5) is 203. The van der Waals surface area contributed by atoms with Crippen LogP contribution in [-0.2, 0) is 26.2 Å². The predicted octanol–water partition coefficient (Wildman–Crippen LogP) is 26.2. The molecule has 0 N–H and O–H groups in total. The molecule has 11 aromatic carbocycles. The summed E-state index contributed by atoms with van der Waals surface area (Å²) in [6.45, 7) is 17.5. The van der Waals surface area contributed by atoms with E-state index in [9.17, 15) is 0 Å². The van der Waals surface area contributed by atoms with E-state index in [0.717, 1.165) is 257 Å². The number of rotatable bonds is 54. The van der Waals surface area contributed by atoms with Gasteiger partial charge in [-0.3, -0.25) is 84.9 Å². The SMILES string of the molecule is CCCCCCCCn1c(=O)c2ccc3c(=O)n(CCCCCCCC)c(=O)c4c3c2c(c1=O)c1c2cc3c(=O)n(C(CCCCCCC)CCCCCCC)c(=O)c5cc6c7c8c(=O)n(CCCCCCCC)c(=O)c9ccc%10c(=O)n(CCCCCCCC)c(=O)c(c%10c98)c7c7cc8c(=O)n(C(CCCCCCC)CCCCCCC)c(=O)c9cc(c41)c1c2c(c35)c6c7c1c98. The third-order valence-electron chi connectivity index (χ3n) is 31.1. The van der Waals surface area contributed by atoms with Crippen LogP contribution in [0.15, 0.2) is 106 Å². The highest BCUT2D eigenvalue weighted by Gasteiger charge is 2.38. The van der Waals surface area contributed by atoms with Crippen LogP contribution >= 0.6 is 0 Å². The average Bonchev–Trinajstić information content (AvgIpc) is 0.640. The van der Waals surface area contributed by atoms with Crippen LogP contribution < -0.4 is 66.7 Å². The summed E-state index contributed by atoms with van der Waals surface area (Å²) in [5.74, 6) is 0. The fourth-order valence-electron chi connectivity index (χ4n) is 24.3. The minimum Gasteiger partial charge on any atom is -0.274 e. The quantitative estimate of drug-likeness (QED) is 0.0197. The van der Waals surface area contributed by atoms with Crippen molar-refractivity contribution in [2.45, 2.75) is 402 Å². The molecule has 0 spiro atoms. The Morgan fingerprint density at radius 1 is 0.159 bits per heavy atom. The zero-order valence-electron chi connectivity index (χ0n) is 80.1. The summed E-state index contributed by atoms with van der Waals surface area (Å²) in [6.07, 6.45) is 40.8. The minimum absolute atomic E-state index is 0.0419. The first-order valence-electron chi connectivity index (χ1n) is 52.3. The molecule has 0 saturated carbocycles. The zero-order chi connectivity index (χ0) is 92.4. The Balaban J connectivity index is 1.17. The van der Waals surface area contributed by atoms with Gasteiger partial charge in [-0.05, 0) is 143 Å². The van der Waals surface area contributed by atoms with Crippen molar-refractivity contribution in [3.05, 3.63) is 173 Å². The van der Waals surface area contributed by atoms with Gasteiger partial charge in [-0.2, -0.15) is 0 Å². The molecule has 17 aromatic rings. The smallest absolute Gasteiger partial charge is 0.262 e. The van der Waals surface area contributed by atoms with Crippen LogP contribution in [0.1, 0.15) is 376 Å². The molecule has 18 nitrogen and oxygen atoms in total. The summed E-state index contributed by atoms with van der Waals surface area (Å²) in [7, 11) is 0. The normalized spacial score (nSPS) is 12.8. The van der Waals surface area contributed by atoms with Gasteiger partial charge in [0.2, 0.25) is 0 Å². The zero-order valence-corrected chi connectivity index (χ0v) is 80.1. The number of unbranched alkanes of at least 4 members (excludes halogenated alkanes) is 36. The summed E-state index contributed by atoms with van der Waals surface area (Å²) in [5.41, 5.74) is -7.12. The Kier molecular flexibility index (Phi) is 28.9. The third-order valence-corrected chi connectivity index (χ3v) is 31.1. The fraction of sp³-hybridized carbons (Fsp3) is 0.544. The van der Waals surface area contributed by atoms with Crippen molar-refractivity contribution in [3.8, 4) is 0 Å². The first-order chi connectivity index (χ1) is 64.4. The van der Waals surface area contributed by atoms with E-state index in [1.807, 2.05) is 24.3 Å². The molecular weight excluding hydrogens is 1650 g/mol. The monoisotopic (exact) mass is 1780 g/mol. The number of hydrogen-bond acceptors (Lipinski definition) is 12. The van der Waals surface area contributed by atoms with E-state index in [2.05, 4.69) is 55.4 Å². The molecule has 6 aromatic heterocycles. The summed E-state index contributed by atoms with van der Waals surface area (Å²) < 4.78 is 8.24. The second-order valence-electron chi connectivity index (χ2n) is 39.9. The van der Waals surface area contributed by atoms with Crippen LogP contribution in [0.4, 0.5) is 0 Å². The standard InChI is InChI=1S/C114H138N6O12/c1-9-17-25-33-41-49-61-115-103(121)71-57-58-72-86-85(71)99(111(115)129)93-75-65-79-83-81(109(127)119(107(79)125)69(53-45-37-29-21-13-5)54-46-38-30-22-14-6)67-77-91-92-78(96-95(77)101-87-73(105(123)117(113(101)131)63-51-43-35-27-19-11-3)59-60-74-88(87)102(96)114(132)118(106(74)124)64-52-44-36-28-20-12-4)68-82-84-80(108(126)120(110(82)128)70(55-47-39-31-23-15-7)56-48-40-32-24-16-8)66-76(90(98(84)92)89(75)97(83)91)94(93)100(86)112(130)116(104(72)122)62-50-42-34-26-18-10-2/h57-60,65-70H,9-56,61-64H2,1-8H3. The molecule has 0 aliphatic rings. The van der Waals surface area contributed by atoms with E-state index in [4.69, 9.17) is 0 Å². The minimum atomic E-state index is -0.655. The molecule has 0 fully saturated rings. The number of benzene rings is 11. The highest BCUT2D eigenvalue weighted by molar-refractivity contribution is 6.58. The molecule has 0 amide bonds. The van der Waals surface area contributed by atoms with Crippen molar-refractivity contribution in [2.75, 3.05) is 0 Å².